The highest BCUT2D eigenvalue weighted by atomic mass is 127. The number of aliphatic imine (C=N–C) groups is 1. The summed E-state index contributed by atoms with van der Waals surface area (Å²) in [5.41, 5.74) is 2.69. The van der Waals surface area contributed by atoms with Crippen LogP contribution in [0.2, 0.25) is 0 Å². The Hall–Kier alpha value is -0.860. The summed E-state index contributed by atoms with van der Waals surface area (Å²) in [5.74, 6) is 2.09. The van der Waals surface area contributed by atoms with Gasteiger partial charge >= 0.3 is 0 Å². The maximum Gasteiger partial charge on any atom is 0.191 e. The van der Waals surface area contributed by atoms with Crippen LogP contribution in [-0.4, -0.2) is 64.3 Å². The smallest absolute Gasteiger partial charge is 0.191 e. The molecule has 5 nitrogen and oxygen atoms in total. The monoisotopic (exact) mass is 488 g/mol. The lowest BCUT2D eigenvalue weighted by Gasteiger charge is -2.32. The number of likely N-dealkylation sites (tertiary alicyclic amines) is 1. The van der Waals surface area contributed by atoms with Gasteiger partial charge in [-0.2, -0.15) is 0 Å². The minimum atomic E-state index is 0. The maximum absolute atomic E-state index is 5.17. The van der Waals surface area contributed by atoms with Crippen LogP contribution < -0.4 is 10.6 Å². The SMILES string of the molecule is CN=C(NCC1CCN(CCOC)CC1)NCC(C)c1cccc(C)c1.I. The normalized spacial score (nSPS) is 17.3. The summed E-state index contributed by atoms with van der Waals surface area (Å²) in [6.45, 7) is 10.5. The first-order chi connectivity index (χ1) is 12.6. The van der Waals surface area contributed by atoms with Crippen molar-refractivity contribution in [2.24, 2.45) is 10.9 Å². The lowest BCUT2D eigenvalue weighted by atomic mass is 9.97. The van der Waals surface area contributed by atoms with Gasteiger partial charge in [0.25, 0.3) is 0 Å². The molecule has 1 fully saturated rings. The van der Waals surface area contributed by atoms with Gasteiger partial charge in [-0.15, -0.1) is 24.0 Å². The molecule has 0 aliphatic carbocycles. The van der Waals surface area contributed by atoms with Gasteiger partial charge in [0.05, 0.1) is 6.61 Å². The van der Waals surface area contributed by atoms with Crippen LogP contribution in [0.15, 0.2) is 29.3 Å². The fourth-order valence-corrected chi connectivity index (χ4v) is 3.44. The van der Waals surface area contributed by atoms with Gasteiger partial charge in [0, 0.05) is 33.8 Å². The van der Waals surface area contributed by atoms with E-state index >= 15 is 0 Å². The molecule has 1 unspecified atom stereocenters. The molecule has 1 aliphatic rings. The molecule has 1 aliphatic heterocycles. The maximum atomic E-state index is 5.17. The van der Waals surface area contributed by atoms with Crippen LogP contribution in [0.1, 0.15) is 36.8 Å². The van der Waals surface area contributed by atoms with E-state index in [0.29, 0.717) is 5.92 Å². The van der Waals surface area contributed by atoms with E-state index in [1.165, 1.54) is 37.1 Å². The van der Waals surface area contributed by atoms with Gasteiger partial charge in [-0.1, -0.05) is 36.8 Å². The number of hydrogen-bond donors (Lipinski definition) is 2. The summed E-state index contributed by atoms with van der Waals surface area (Å²) in [6, 6.07) is 8.74. The van der Waals surface area contributed by atoms with E-state index in [0.717, 1.165) is 38.1 Å². The minimum absolute atomic E-state index is 0. The minimum Gasteiger partial charge on any atom is -0.383 e. The van der Waals surface area contributed by atoms with E-state index in [-0.39, 0.29) is 24.0 Å². The van der Waals surface area contributed by atoms with E-state index in [2.05, 4.69) is 58.6 Å². The Morgan fingerprint density at radius 3 is 2.67 bits per heavy atom. The van der Waals surface area contributed by atoms with Crippen LogP contribution in [0.5, 0.6) is 0 Å². The predicted octanol–water partition coefficient (Wildman–Crippen LogP) is 3.24. The van der Waals surface area contributed by atoms with Gasteiger partial charge in [-0.3, -0.25) is 4.99 Å². The number of nitrogens with zero attached hydrogens (tertiary/aromatic N) is 2. The highest BCUT2D eigenvalue weighted by molar-refractivity contribution is 14.0. The summed E-state index contributed by atoms with van der Waals surface area (Å²) in [6.07, 6.45) is 2.49. The Bertz CT molecular complexity index is 559. The third kappa shape index (κ3) is 8.79. The Morgan fingerprint density at radius 1 is 1.30 bits per heavy atom. The second-order valence-electron chi connectivity index (χ2n) is 7.43. The van der Waals surface area contributed by atoms with Crippen molar-refractivity contribution in [3.8, 4) is 0 Å². The van der Waals surface area contributed by atoms with E-state index in [1.807, 2.05) is 7.05 Å². The number of aryl methyl sites for hydroxylation is 1. The zero-order chi connectivity index (χ0) is 18.8. The molecule has 1 saturated heterocycles. The number of ether oxygens (including phenoxy) is 1. The summed E-state index contributed by atoms with van der Waals surface area (Å²) in [4.78, 5) is 6.88. The molecule has 0 bridgehead atoms. The molecule has 0 amide bonds. The fourth-order valence-electron chi connectivity index (χ4n) is 3.44. The van der Waals surface area contributed by atoms with E-state index in [1.54, 1.807) is 7.11 Å². The van der Waals surface area contributed by atoms with Crippen LogP contribution in [0.25, 0.3) is 0 Å². The number of guanidine groups is 1. The molecule has 0 spiro atoms. The molecule has 0 saturated carbocycles. The zero-order valence-corrected chi connectivity index (χ0v) is 19.7. The molecule has 27 heavy (non-hydrogen) atoms. The van der Waals surface area contributed by atoms with Crippen molar-refractivity contribution in [3.05, 3.63) is 35.4 Å². The van der Waals surface area contributed by atoms with Gasteiger partial charge < -0.3 is 20.3 Å². The third-order valence-electron chi connectivity index (χ3n) is 5.29. The molecule has 2 N–H and O–H groups in total. The van der Waals surface area contributed by atoms with Crippen LogP contribution >= 0.6 is 24.0 Å². The van der Waals surface area contributed by atoms with Gasteiger partial charge in [-0.05, 0) is 50.3 Å². The Labute approximate surface area is 182 Å². The van der Waals surface area contributed by atoms with Crippen molar-refractivity contribution in [2.45, 2.75) is 32.6 Å². The average Bonchev–Trinajstić information content (AvgIpc) is 2.67. The second-order valence-corrected chi connectivity index (χ2v) is 7.43. The molecule has 2 rings (SSSR count). The van der Waals surface area contributed by atoms with Crippen molar-refractivity contribution >= 4 is 29.9 Å². The first kappa shape index (κ1) is 24.2. The molecule has 1 atom stereocenters. The molecule has 154 valence electrons. The van der Waals surface area contributed by atoms with Gasteiger partial charge in [0.15, 0.2) is 5.96 Å². The highest BCUT2D eigenvalue weighted by Crippen LogP contribution is 2.17. The van der Waals surface area contributed by atoms with Crippen molar-refractivity contribution in [2.75, 3.05) is 53.5 Å². The number of methoxy groups -OCH3 is 1. The standard InChI is InChI=1S/C21H36N4O.HI/c1-17-6-5-7-20(14-17)18(2)15-23-21(22-3)24-16-19-8-10-25(11-9-19)12-13-26-4;/h5-7,14,18-19H,8-13,15-16H2,1-4H3,(H2,22,23,24);1H. The number of hydrogen-bond acceptors (Lipinski definition) is 3. The van der Waals surface area contributed by atoms with Gasteiger partial charge in [0.1, 0.15) is 0 Å². The molecular weight excluding hydrogens is 451 g/mol. The molecule has 1 aromatic rings. The van der Waals surface area contributed by atoms with E-state index in [4.69, 9.17) is 4.74 Å². The first-order valence-corrected chi connectivity index (χ1v) is 9.84. The quantitative estimate of drug-likeness (QED) is 0.335. The predicted molar refractivity (Wildman–Crippen MR) is 125 cm³/mol. The van der Waals surface area contributed by atoms with Gasteiger partial charge in [-0.25, -0.2) is 0 Å². The topological polar surface area (TPSA) is 48.9 Å². The number of halogens is 1. The van der Waals surface area contributed by atoms with Crippen LogP contribution in [0, 0.1) is 12.8 Å². The van der Waals surface area contributed by atoms with Crippen LogP contribution in [0.4, 0.5) is 0 Å². The Morgan fingerprint density at radius 2 is 2.04 bits per heavy atom. The number of benzene rings is 1. The van der Waals surface area contributed by atoms with Crippen molar-refractivity contribution in [1.82, 2.24) is 15.5 Å². The van der Waals surface area contributed by atoms with Crippen molar-refractivity contribution < 1.29 is 4.74 Å². The first-order valence-electron chi connectivity index (χ1n) is 9.84. The second kappa shape index (κ2) is 13.3. The lowest BCUT2D eigenvalue weighted by molar-refractivity contribution is 0.121. The van der Waals surface area contributed by atoms with Crippen LogP contribution in [-0.2, 0) is 4.74 Å². The van der Waals surface area contributed by atoms with Crippen molar-refractivity contribution in [1.29, 1.82) is 0 Å². The summed E-state index contributed by atoms with van der Waals surface area (Å²) >= 11 is 0. The van der Waals surface area contributed by atoms with E-state index in [9.17, 15) is 0 Å². The number of nitrogens with one attached hydrogen (secondary N) is 2. The molecule has 1 heterocycles. The third-order valence-corrected chi connectivity index (χ3v) is 5.29. The van der Waals surface area contributed by atoms with Gasteiger partial charge in [0.2, 0.25) is 0 Å². The van der Waals surface area contributed by atoms with E-state index < -0.39 is 0 Å². The number of rotatable bonds is 8. The summed E-state index contributed by atoms with van der Waals surface area (Å²) in [7, 11) is 3.62. The lowest BCUT2D eigenvalue weighted by Crippen LogP contribution is -2.44. The summed E-state index contributed by atoms with van der Waals surface area (Å²) in [5, 5.41) is 6.99. The fraction of sp³-hybridized carbons (Fsp3) is 0.667. The van der Waals surface area contributed by atoms with Crippen LogP contribution in [0.3, 0.4) is 0 Å². The average molecular weight is 488 g/mol. The Kier molecular flexibility index (Phi) is 11.9. The molecule has 0 radical (unpaired) electrons. The molecule has 1 aromatic carbocycles. The molecule has 6 heteroatoms. The summed E-state index contributed by atoms with van der Waals surface area (Å²) < 4.78 is 5.17. The zero-order valence-electron chi connectivity index (χ0n) is 17.3. The largest absolute Gasteiger partial charge is 0.383 e. The molecule has 0 aromatic heterocycles. The number of piperidine rings is 1. The highest BCUT2D eigenvalue weighted by Gasteiger charge is 2.19. The Balaban J connectivity index is 0.00000364. The molecular formula is C21H37IN4O. The van der Waals surface area contributed by atoms with Crippen molar-refractivity contribution in [3.63, 3.8) is 0 Å².